The Morgan fingerprint density at radius 1 is 1.35 bits per heavy atom. The lowest BCUT2D eigenvalue weighted by atomic mass is 10.0. The van der Waals surface area contributed by atoms with Crippen molar-refractivity contribution in [3.63, 3.8) is 0 Å². The van der Waals surface area contributed by atoms with E-state index in [9.17, 15) is 4.79 Å². The topological polar surface area (TPSA) is 58.5 Å². The van der Waals surface area contributed by atoms with Gasteiger partial charge in [0, 0.05) is 55.6 Å². The third kappa shape index (κ3) is 3.79. The minimum Gasteiger partial charge on any atom is -0.376 e. The Morgan fingerprint density at radius 3 is 2.96 bits per heavy atom. The van der Waals surface area contributed by atoms with Gasteiger partial charge in [0.05, 0.1) is 6.10 Å². The maximum atomic E-state index is 12.2. The van der Waals surface area contributed by atoms with Gasteiger partial charge in [-0.3, -0.25) is 0 Å². The van der Waals surface area contributed by atoms with Gasteiger partial charge >= 0.3 is 6.03 Å². The number of urea groups is 1. The smallest absolute Gasteiger partial charge is 0.315 e. The van der Waals surface area contributed by atoms with Crippen molar-refractivity contribution >= 4 is 17.4 Å². The molecule has 0 radical (unpaired) electrons. The molecule has 0 saturated carbocycles. The van der Waals surface area contributed by atoms with E-state index in [2.05, 4.69) is 39.5 Å². The van der Waals surface area contributed by atoms with Gasteiger partial charge in [-0.25, -0.2) is 4.79 Å². The number of hydrogen-bond donors (Lipinski definition) is 2. The predicted molar refractivity (Wildman–Crippen MR) is 103 cm³/mol. The highest BCUT2D eigenvalue weighted by molar-refractivity contribution is 7.14. The highest BCUT2D eigenvalue weighted by Crippen LogP contribution is 2.35. The summed E-state index contributed by atoms with van der Waals surface area (Å²) in [4.78, 5) is 16.0. The lowest BCUT2D eigenvalue weighted by molar-refractivity contribution is 0.111. The third-order valence-electron chi connectivity index (χ3n) is 5.11. The van der Waals surface area contributed by atoms with Gasteiger partial charge < -0.3 is 24.8 Å². The fourth-order valence-corrected chi connectivity index (χ4v) is 5.10. The van der Waals surface area contributed by atoms with E-state index in [0.717, 1.165) is 39.0 Å². The quantitative estimate of drug-likeness (QED) is 0.845. The summed E-state index contributed by atoms with van der Waals surface area (Å²) in [5.74, 6) is 0. The van der Waals surface area contributed by atoms with E-state index in [1.54, 1.807) is 0 Å². The van der Waals surface area contributed by atoms with Crippen LogP contribution >= 0.6 is 11.3 Å². The summed E-state index contributed by atoms with van der Waals surface area (Å²) in [6.07, 6.45) is 7.47. The van der Waals surface area contributed by atoms with Crippen molar-refractivity contribution in [1.29, 1.82) is 0 Å². The molecule has 0 spiro atoms. The fourth-order valence-electron chi connectivity index (χ4n) is 3.69. The minimum atomic E-state index is -0.119. The van der Waals surface area contributed by atoms with Gasteiger partial charge in [0.2, 0.25) is 0 Å². The van der Waals surface area contributed by atoms with Crippen molar-refractivity contribution in [3.8, 4) is 5.00 Å². The average molecular weight is 375 g/mol. The standard InChI is InChI=1S/C19H26N4O2S/c1-22-9-6-15-16(12-21-19(24)20-11-14-5-4-10-25-14)18(26-17(15)13-22)23-7-2-3-8-23/h2-3,7-8,14H,4-6,9-13H2,1H3,(H2,20,21,24). The zero-order valence-corrected chi connectivity index (χ0v) is 16.0. The van der Waals surface area contributed by atoms with E-state index in [1.165, 1.54) is 21.0 Å². The predicted octanol–water partition coefficient (Wildman–Crippen LogP) is 2.50. The lowest BCUT2D eigenvalue weighted by Gasteiger charge is -2.22. The molecule has 4 heterocycles. The third-order valence-corrected chi connectivity index (χ3v) is 6.39. The zero-order valence-electron chi connectivity index (χ0n) is 15.2. The van der Waals surface area contributed by atoms with Crippen LogP contribution in [0.4, 0.5) is 4.79 Å². The summed E-state index contributed by atoms with van der Waals surface area (Å²) in [7, 11) is 2.16. The number of hydrogen-bond acceptors (Lipinski definition) is 4. The molecule has 6 nitrogen and oxygen atoms in total. The first kappa shape index (κ1) is 17.6. The lowest BCUT2D eigenvalue weighted by Crippen LogP contribution is -2.39. The first-order valence-corrected chi connectivity index (χ1v) is 10.1. The number of amides is 2. The molecule has 4 rings (SSSR count). The van der Waals surface area contributed by atoms with Crippen LogP contribution in [0.5, 0.6) is 0 Å². The molecular formula is C19H26N4O2S. The molecule has 26 heavy (non-hydrogen) atoms. The van der Waals surface area contributed by atoms with E-state index in [1.807, 2.05) is 23.5 Å². The van der Waals surface area contributed by atoms with Crippen LogP contribution < -0.4 is 10.6 Å². The molecule has 2 amide bonds. The summed E-state index contributed by atoms with van der Waals surface area (Å²) < 4.78 is 7.71. The van der Waals surface area contributed by atoms with Gasteiger partial charge in [-0.05, 0) is 44.0 Å². The van der Waals surface area contributed by atoms with Crippen LogP contribution in [0.2, 0.25) is 0 Å². The Labute approximate surface area is 158 Å². The van der Waals surface area contributed by atoms with E-state index < -0.39 is 0 Å². The van der Waals surface area contributed by atoms with Crippen molar-refractivity contribution in [3.05, 3.63) is 40.5 Å². The van der Waals surface area contributed by atoms with Crippen molar-refractivity contribution in [1.82, 2.24) is 20.1 Å². The monoisotopic (exact) mass is 374 g/mol. The summed E-state index contributed by atoms with van der Waals surface area (Å²) in [5.41, 5.74) is 2.66. The van der Waals surface area contributed by atoms with Gasteiger partial charge in [0.25, 0.3) is 0 Å². The van der Waals surface area contributed by atoms with E-state index in [0.29, 0.717) is 13.1 Å². The molecule has 2 aliphatic heterocycles. The Kier molecular flexibility index (Phi) is 5.28. The number of fused-ring (bicyclic) bond motifs is 1. The number of rotatable bonds is 5. The normalized spacial score (nSPS) is 20.1. The van der Waals surface area contributed by atoms with Crippen molar-refractivity contribution < 1.29 is 9.53 Å². The van der Waals surface area contributed by atoms with E-state index >= 15 is 0 Å². The second-order valence-corrected chi connectivity index (χ2v) is 8.15. The first-order chi connectivity index (χ1) is 12.7. The van der Waals surface area contributed by atoms with Gasteiger partial charge in [-0.15, -0.1) is 11.3 Å². The number of nitrogens with one attached hydrogen (secondary N) is 2. The van der Waals surface area contributed by atoms with Crippen LogP contribution in [-0.4, -0.2) is 48.3 Å². The number of likely N-dealkylation sites (N-methyl/N-ethyl adjacent to an activating group) is 1. The van der Waals surface area contributed by atoms with Crippen molar-refractivity contribution in [2.45, 2.75) is 38.5 Å². The summed E-state index contributed by atoms with van der Waals surface area (Å²) >= 11 is 1.84. The molecule has 0 bridgehead atoms. The molecular weight excluding hydrogens is 348 g/mol. The SMILES string of the molecule is CN1CCc2c(sc(-n3cccc3)c2CNC(=O)NCC2CCCO2)C1. The van der Waals surface area contributed by atoms with Crippen LogP contribution in [0.25, 0.3) is 5.00 Å². The van der Waals surface area contributed by atoms with Gasteiger partial charge in [0.1, 0.15) is 5.00 Å². The highest BCUT2D eigenvalue weighted by atomic mass is 32.1. The minimum absolute atomic E-state index is 0.119. The van der Waals surface area contributed by atoms with Crippen LogP contribution in [0.3, 0.4) is 0 Å². The molecule has 2 N–H and O–H groups in total. The second-order valence-electron chi connectivity index (χ2n) is 7.06. The Morgan fingerprint density at radius 2 is 2.19 bits per heavy atom. The molecule has 140 valence electrons. The number of aromatic nitrogens is 1. The molecule has 0 aromatic carbocycles. The van der Waals surface area contributed by atoms with Gasteiger partial charge in [-0.1, -0.05) is 0 Å². The summed E-state index contributed by atoms with van der Waals surface area (Å²) in [6.45, 7) is 4.00. The number of carbonyl (C=O) groups excluding carboxylic acids is 1. The van der Waals surface area contributed by atoms with Gasteiger partial charge in [0.15, 0.2) is 0 Å². The maximum Gasteiger partial charge on any atom is 0.315 e. The van der Waals surface area contributed by atoms with E-state index in [-0.39, 0.29) is 12.1 Å². The Bertz CT molecular complexity index is 750. The second kappa shape index (κ2) is 7.82. The number of nitrogens with zero attached hydrogens (tertiary/aromatic N) is 2. The summed E-state index contributed by atoms with van der Waals surface area (Å²) in [5, 5.41) is 7.21. The molecule has 1 atom stereocenters. The number of thiophene rings is 1. The Balaban J connectivity index is 1.45. The molecule has 7 heteroatoms. The van der Waals surface area contributed by atoms with E-state index in [4.69, 9.17) is 4.74 Å². The number of ether oxygens (including phenoxy) is 1. The molecule has 1 unspecified atom stereocenters. The zero-order chi connectivity index (χ0) is 17.9. The van der Waals surface area contributed by atoms with Gasteiger partial charge in [-0.2, -0.15) is 0 Å². The fraction of sp³-hybridized carbons (Fsp3) is 0.526. The largest absolute Gasteiger partial charge is 0.376 e. The molecule has 1 fully saturated rings. The highest BCUT2D eigenvalue weighted by Gasteiger charge is 2.24. The number of carbonyl (C=O) groups is 1. The van der Waals surface area contributed by atoms with Crippen LogP contribution in [0.15, 0.2) is 24.5 Å². The molecule has 2 aromatic rings. The van der Waals surface area contributed by atoms with Crippen LogP contribution in [-0.2, 0) is 24.2 Å². The van der Waals surface area contributed by atoms with Crippen LogP contribution in [0, 0.1) is 0 Å². The Hall–Kier alpha value is -1.83. The molecule has 2 aliphatic rings. The molecule has 2 aromatic heterocycles. The maximum absolute atomic E-state index is 12.2. The molecule has 1 saturated heterocycles. The van der Waals surface area contributed by atoms with Crippen molar-refractivity contribution in [2.75, 3.05) is 26.7 Å². The molecule has 0 aliphatic carbocycles. The first-order valence-electron chi connectivity index (χ1n) is 9.29. The average Bonchev–Trinajstić information content (AvgIpc) is 3.37. The van der Waals surface area contributed by atoms with Crippen LogP contribution in [0.1, 0.15) is 28.8 Å². The summed E-state index contributed by atoms with van der Waals surface area (Å²) in [6, 6.07) is 3.96. The van der Waals surface area contributed by atoms with Crippen molar-refractivity contribution in [2.24, 2.45) is 0 Å².